The van der Waals surface area contributed by atoms with Crippen LogP contribution in [0.4, 0.5) is 22.0 Å². The predicted octanol–water partition coefficient (Wildman–Crippen LogP) is 4.78. The van der Waals surface area contributed by atoms with Gasteiger partial charge in [-0.15, -0.1) is 0 Å². The molecule has 0 unspecified atom stereocenters. The Morgan fingerprint density at radius 3 is 2.48 bits per heavy atom. The number of piperidine rings is 1. The van der Waals surface area contributed by atoms with Crippen LogP contribution in [-0.4, -0.2) is 57.8 Å². The number of aromatic nitrogens is 1. The van der Waals surface area contributed by atoms with Crippen LogP contribution >= 0.6 is 0 Å². The number of nitrogens with two attached hydrogens (primary N) is 1. The highest BCUT2D eigenvalue weighted by molar-refractivity contribution is 7.89. The summed E-state index contributed by atoms with van der Waals surface area (Å²) in [5.41, 5.74) is 0.646. The molecule has 218 valence electrons. The fraction of sp³-hybridized carbons (Fsp3) is 0.423. The van der Waals surface area contributed by atoms with E-state index in [-0.39, 0.29) is 39.5 Å². The normalized spacial score (nSPS) is 15.5. The Hall–Kier alpha value is -3.07. The van der Waals surface area contributed by atoms with Crippen LogP contribution in [0.5, 0.6) is 5.75 Å². The molecule has 2 heterocycles. The number of rotatable bonds is 10. The van der Waals surface area contributed by atoms with Crippen LogP contribution in [0.3, 0.4) is 0 Å². The van der Waals surface area contributed by atoms with Gasteiger partial charge in [0.1, 0.15) is 34.6 Å². The molecule has 0 amide bonds. The van der Waals surface area contributed by atoms with E-state index in [1.807, 2.05) is 0 Å². The van der Waals surface area contributed by atoms with Gasteiger partial charge in [-0.1, -0.05) is 6.07 Å². The van der Waals surface area contributed by atoms with Crippen LogP contribution in [0.15, 0.2) is 45.7 Å². The van der Waals surface area contributed by atoms with Crippen LogP contribution in [-0.2, 0) is 27.8 Å². The van der Waals surface area contributed by atoms with E-state index in [1.165, 1.54) is 13.2 Å². The molecule has 0 bridgehead atoms. The molecule has 0 saturated carbocycles. The van der Waals surface area contributed by atoms with E-state index in [0.29, 0.717) is 45.0 Å². The molecule has 1 aliphatic rings. The molecule has 14 heteroatoms. The lowest BCUT2D eigenvalue weighted by molar-refractivity contribution is -0.176. The smallest absolute Gasteiger partial charge is 0.411 e. The lowest BCUT2D eigenvalue weighted by Gasteiger charge is -2.30. The first kappa shape index (κ1) is 29.9. The molecular formula is C26H28F5N3O5S. The van der Waals surface area contributed by atoms with E-state index in [9.17, 15) is 30.4 Å². The molecule has 0 spiro atoms. The molecule has 2 aromatic carbocycles. The average Bonchev–Trinajstić information content (AvgIpc) is 3.30. The number of hydrogen-bond acceptors (Lipinski definition) is 7. The number of hydrogen-bond donors (Lipinski definition) is 1. The molecule has 1 fully saturated rings. The van der Waals surface area contributed by atoms with E-state index >= 15 is 0 Å². The number of methoxy groups -OCH3 is 1. The van der Waals surface area contributed by atoms with Crippen LogP contribution in [0.2, 0.25) is 0 Å². The van der Waals surface area contributed by atoms with Crippen LogP contribution in [0, 0.1) is 11.6 Å². The molecule has 0 aliphatic carbocycles. The number of primary sulfonamides is 1. The van der Waals surface area contributed by atoms with Crippen molar-refractivity contribution in [2.75, 3.05) is 33.4 Å². The molecule has 4 rings (SSSR count). The molecule has 1 aromatic heterocycles. The Labute approximate surface area is 227 Å². The molecule has 1 aliphatic heterocycles. The van der Waals surface area contributed by atoms with Crippen molar-refractivity contribution in [3.8, 4) is 17.1 Å². The lowest BCUT2D eigenvalue weighted by atomic mass is 9.96. The van der Waals surface area contributed by atoms with Crippen LogP contribution in [0.1, 0.15) is 35.9 Å². The van der Waals surface area contributed by atoms with Gasteiger partial charge in [-0.3, -0.25) is 0 Å². The summed E-state index contributed by atoms with van der Waals surface area (Å²) in [5.74, 6) is -1.59. The summed E-state index contributed by atoms with van der Waals surface area (Å²) in [7, 11) is -2.59. The zero-order chi connectivity index (χ0) is 29.1. The topological polar surface area (TPSA) is 108 Å². The maximum absolute atomic E-state index is 14.5. The fourth-order valence-electron chi connectivity index (χ4n) is 4.58. The standard InChI is InChI=1S/C26H28F5N3O5S/c1-37-22-5-2-16(12-23(22)40(32,35)36)6-9-34-10-7-17(8-11-34)25-33-21(14-38-15-26(29,30)31)24(39-25)19-4-3-18(27)13-20(19)28/h2-5,12-13,17H,6-11,14-15H2,1H3,(H2,32,35,36). The second-order valence-electron chi connectivity index (χ2n) is 9.46. The van der Waals surface area contributed by atoms with Crippen molar-refractivity contribution in [1.29, 1.82) is 0 Å². The summed E-state index contributed by atoms with van der Waals surface area (Å²) in [5, 5.41) is 5.29. The van der Waals surface area contributed by atoms with E-state index in [0.717, 1.165) is 17.7 Å². The summed E-state index contributed by atoms with van der Waals surface area (Å²) < 4.78 is 105. The van der Waals surface area contributed by atoms with Crippen LogP contribution in [0.25, 0.3) is 11.3 Å². The van der Waals surface area contributed by atoms with Gasteiger partial charge in [0.2, 0.25) is 10.0 Å². The van der Waals surface area contributed by atoms with Crippen molar-refractivity contribution < 1.29 is 44.3 Å². The second-order valence-corrected chi connectivity index (χ2v) is 11.0. The highest BCUT2D eigenvalue weighted by Crippen LogP contribution is 2.35. The summed E-state index contributed by atoms with van der Waals surface area (Å²) >= 11 is 0. The number of sulfonamides is 1. The Kier molecular flexibility index (Phi) is 9.12. The van der Waals surface area contributed by atoms with E-state index in [4.69, 9.17) is 19.0 Å². The van der Waals surface area contributed by atoms with Crippen molar-refractivity contribution in [3.63, 3.8) is 0 Å². The minimum atomic E-state index is -4.55. The number of oxazole rings is 1. The van der Waals surface area contributed by atoms with Gasteiger partial charge in [0.05, 0.1) is 19.3 Å². The zero-order valence-corrected chi connectivity index (χ0v) is 22.3. The molecule has 3 aromatic rings. The Balaban J connectivity index is 1.43. The van der Waals surface area contributed by atoms with Gasteiger partial charge >= 0.3 is 6.18 Å². The fourth-order valence-corrected chi connectivity index (χ4v) is 5.33. The molecular weight excluding hydrogens is 561 g/mol. The number of nitrogens with zero attached hydrogens (tertiary/aromatic N) is 2. The average molecular weight is 590 g/mol. The molecule has 1 saturated heterocycles. The number of halogens is 5. The number of ether oxygens (including phenoxy) is 2. The van der Waals surface area contributed by atoms with Crippen molar-refractivity contribution in [1.82, 2.24) is 9.88 Å². The molecule has 2 N–H and O–H groups in total. The second kappa shape index (κ2) is 12.2. The van der Waals surface area contributed by atoms with Crippen molar-refractivity contribution in [2.24, 2.45) is 5.14 Å². The van der Waals surface area contributed by atoms with Gasteiger partial charge in [0.25, 0.3) is 0 Å². The third kappa shape index (κ3) is 7.56. The minimum Gasteiger partial charge on any atom is -0.495 e. The van der Waals surface area contributed by atoms with Gasteiger partial charge in [0.15, 0.2) is 11.7 Å². The molecule has 0 radical (unpaired) electrons. The van der Waals surface area contributed by atoms with Crippen molar-refractivity contribution in [2.45, 2.75) is 42.9 Å². The van der Waals surface area contributed by atoms with Crippen molar-refractivity contribution in [3.05, 3.63) is 65.2 Å². The van der Waals surface area contributed by atoms with E-state index in [1.54, 1.807) is 12.1 Å². The zero-order valence-electron chi connectivity index (χ0n) is 21.5. The Morgan fingerprint density at radius 2 is 1.85 bits per heavy atom. The quantitative estimate of drug-likeness (QED) is 0.339. The minimum absolute atomic E-state index is 0.00245. The maximum Gasteiger partial charge on any atom is 0.411 e. The number of benzene rings is 2. The van der Waals surface area contributed by atoms with E-state index < -0.39 is 41.0 Å². The molecule has 40 heavy (non-hydrogen) atoms. The summed E-state index contributed by atoms with van der Waals surface area (Å²) in [6, 6.07) is 7.64. The van der Waals surface area contributed by atoms with Gasteiger partial charge < -0.3 is 18.8 Å². The first-order valence-corrected chi connectivity index (χ1v) is 13.9. The molecule has 8 nitrogen and oxygen atoms in total. The Bertz CT molecular complexity index is 1440. The van der Waals surface area contributed by atoms with Gasteiger partial charge in [-0.05, 0) is 62.2 Å². The van der Waals surface area contributed by atoms with Gasteiger partial charge in [-0.2, -0.15) is 13.2 Å². The number of likely N-dealkylation sites (tertiary alicyclic amines) is 1. The first-order valence-electron chi connectivity index (χ1n) is 12.4. The largest absolute Gasteiger partial charge is 0.495 e. The summed E-state index contributed by atoms with van der Waals surface area (Å²) in [6.07, 6.45) is -2.77. The van der Waals surface area contributed by atoms with Gasteiger partial charge in [-0.25, -0.2) is 27.3 Å². The third-order valence-corrected chi connectivity index (χ3v) is 7.51. The highest BCUT2D eigenvalue weighted by atomic mass is 32.2. The monoisotopic (exact) mass is 589 g/mol. The Morgan fingerprint density at radius 1 is 1.12 bits per heavy atom. The summed E-state index contributed by atoms with van der Waals surface area (Å²) in [6.45, 7) is -0.143. The first-order chi connectivity index (χ1) is 18.8. The maximum atomic E-state index is 14.5. The lowest BCUT2D eigenvalue weighted by Crippen LogP contribution is -2.34. The van der Waals surface area contributed by atoms with Crippen molar-refractivity contribution >= 4 is 10.0 Å². The highest BCUT2D eigenvalue weighted by Gasteiger charge is 2.30. The number of alkyl halides is 3. The van der Waals surface area contributed by atoms with Gasteiger partial charge in [0, 0.05) is 18.5 Å². The van der Waals surface area contributed by atoms with Crippen LogP contribution < -0.4 is 9.88 Å². The van der Waals surface area contributed by atoms with E-state index in [2.05, 4.69) is 9.88 Å². The third-order valence-electron chi connectivity index (χ3n) is 6.58. The predicted molar refractivity (Wildman–Crippen MR) is 134 cm³/mol. The SMILES string of the molecule is COc1ccc(CCN2CCC(c3nc(COCC(F)(F)F)c(-c4ccc(F)cc4F)o3)CC2)cc1S(N)(=O)=O. The summed E-state index contributed by atoms with van der Waals surface area (Å²) in [4.78, 5) is 6.43. The molecule has 0 atom stereocenters.